The number of nitrogens with one attached hydrogen (secondary N) is 2. The number of alkyl carbamates (subject to hydrolysis) is 1. The Morgan fingerprint density at radius 1 is 1.52 bits per heavy atom. The molecule has 1 aliphatic heterocycles. The number of amides is 2. The summed E-state index contributed by atoms with van der Waals surface area (Å²) < 4.78 is 5.41. The zero-order chi connectivity index (χ0) is 15.5. The monoisotopic (exact) mass is 289 g/mol. The molecule has 112 valence electrons. The summed E-state index contributed by atoms with van der Waals surface area (Å²) in [6.07, 6.45) is 2.50. The topological polar surface area (TPSA) is 93.4 Å². The first-order valence-corrected chi connectivity index (χ1v) is 6.70. The van der Waals surface area contributed by atoms with Crippen molar-refractivity contribution in [1.29, 1.82) is 0 Å². The summed E-state index contributed by atoms with van der Waals surface area (Å²) in [4.78, 5) is 23.2. The van der Waals surface area contributed by atoms with Crippen molar-refractivity contribution in [2.45, 2.75) is 26.0 Å². The van der Waals surface area contributed by atoms with Crippen LogP contribution in [0, 0.1) is 0 Å². The van der Waals surface area contributed by atoms with E-state index in [-0.39, 0.29) is 5.91 Å². The standard InChI is InChI=1S/C15H19N3O3/c1-15(2,21-14(20)17-7-3-6-16)11-4-5-12-10(8-11)9-18-13(12)19/h3-5,7-8H,6,9,16H2,1-2H3,(H,17,20)(H,18,19)/b7-3+. The van der Waals surface area contributed by atoms with E-state index in [1.807, 2.05) is 6.07 Å². The van der Waals surface area contributed by atoms with Gasteiger partial charge in [-0.05, 0) is 37.1 Å². The van der Waals surface area contributed by atoms with E-state index in [0.29, 0.717) is 18.7 Å². The molecule has 0 aliphatic carbocycles. The summed E-state index contributed by atoms with van der Waals surface area (Å²) in [6, 6.07) is 5.44. The van der Waals surface area contributed by atoms with Crippen molar-refractivity contribution >= 4 is 12.0 Å². The summed E-state index contributed by atoms with van der Waals surface area (Å²) in [7, 11) is 0. The second-order valence-electron chi connectivity index (χ2n) is 5.24. The Morgan fingerprint density at radius 3 is 3.00 bits per heavy atom. The van der Waals surface area contributed by atoms with Gasteiger partial charge in [-0.2, -0.15) is 0 Å². The number of carbonyl (C=O) groups is 2. The van der Waals surface area contributed by atoms with Crippen LogP contribution in [-0.2, 0) is 16.9 Å². The molecule has 0 radical (unpaired) electrons. The molecule has 1 heterocycles. The normalized spacial score (nSPS) is 14.0. The van der Waals surface area contributed by atoms with Crippen LogP contribution in [0.4, 0.5) is 4.79 Å². The maximum Gasteiger partial charge on any atom is 0.412 e. The minimum absolute atomic E-state index is 0.0695. The summed E-state index contributed by atoms with van der Waals surface area (Å²) in [5, 5.41) is 5.24. The Morgan fingerprint density at radius 2 is 2.29 bits per heavy atom. The third-order valence-electron chi connectivity index (χ3n) is 3.29. The number of ether oxygens (including phenoxy) is 1. The van der Waals surface area contributed by atoms with Gasteiger partial charge in [0.05, 0.1) is 0 Å². The number of hydrogen-bond acceptors (Lipinski definition) is 4. The summed E-state index contributed by atoms with van der Waals surface area (Å²) in [5.41, 5.74) is 6.89. The van der Waals surface area contributed by atoms with Crippen molar-refractivity contribution in [2.75, 3.05) is 6.54 Å². The smallest absolute Gasteiger partial charge is 0.412 e. The van der Waals surface area contributed by atoms with Crippen LogP contribution in [0.25, 0.3) is 0 Å². The quantitative estimate of drug-likeness (QED) is 0.780. The lowest BCUT2D eigenvalue weighted by Crippen LogP contribution is -2.30. The fourth-order valence-electron chi connectivity index (χ4n) is 2.12. The van der Waals surface area contributed by atoms with Gasteiger partial charge in [-0.3, -0.25) is 10.1 Å². The van der Waals surface area contributed by atoms with Gasteiger partial charge in [0, 0.05) is 24.9 Å². The first-order chi connectivity index (χ1) is 9.94. The van der Waals surface area contributed by atoms with Gasteiger partial charge in [0.1, 0.15) is 5.60 Å². The molecule has 0 atom stereocenters. The van der Waals surface area contributed by atoms with Gasteiger partial charge in [-0.1, -0.05) is 12.1 Å². The van der Waals surface area contributed by atoms with E-state index in [4.69, 9.17) is 10.5 Å². The minimum Gasteiger partial charge on any atom is -0.438 e. The number of rotatable bonds is 4. The van der Waals surface area contributed by atoms with Gasteiger partial charge >= 0.3 is 6.09 Å². The second-order valence-corrected chi connectivity index (χ2v) is 5.24. The predicted molar refractivity (Wildman–Crippen MR) is 78.4 cm³/mol. The van der Waals surface area contributed by atoms with Gasteiger partial charge < -0.3 is 15.8 Å². The molecular formula is C15H19N3O3. The highest BCUT2D eigenvalue weighted by molar-refractivity contribution is 5.98. The van der Waals surface area contributed by atoms with Gasteiger partial charge in [-0.25, -0.2) is 4.79 Å². The minimum atomic E-state index is -0.804. The fourth-order valence-corrected chi connectivity index (χ4v) is 2.12. The molecule has 1 aliphatic rings. The van der Waals surface area contributed by atoms with Crippen LogP contribution in [0.5, 0.6) is 0 Å². The SMILES string of the molecule is CC(C)(OC(=O)N/C=C/CN)c1ccc2c(c1)CNC2=O. The molecule has 0 bridgehead atoms. The molecule has 1 aromatic rings. The van der Waals surface area contributed by atoms with E-state index < -0.39 is 11.7 Å². The van der Waals surface area contributed by atoms with Crippen LogP contribution in [0.3, 0.4) is 0 Å². The number of benzene rings is 1. The maximum atomic E-state index is 11.7. The lowest BCUT2D eigenvalue weighted by atomic mass is 9.94. The van der Waals surface area contributed by atoms with E-state index in [1.54, 1.807) is 32.1 Å². The number of hydrogen-bond donors (Lipinski definition) is 3. The van der Waals surface area contributed by atoms with Crippen molar-refractivity contribution in [3.05, 3.63) is 47.2 Å². The lowest BCUT2D eigenvalue weighted by Gasteiger charge is -2.25. The van der Waals surface area contributed by atoms with Crippen LogP contribution in [0.1, 0.15) is 35.3 Å². The Bertz CT molecular complexity index is 594. The Labute approximate surface area is 123 Å². The zero-order valence-corrected chi connectivity index (χ0v) is 12.1. The van der Waals surface area contributed by atoms with Crippen molar-refractivity contribution in [3.8, 4) is 0 Å². The molecule has 2 amide bonds. The Kier molecular flexibility index (Phi) is 4.28. The zero-order valence-electron chi connectivity index (χ0n) is 12.1. The lowest BCUT2D eigenvalue weighted by molar-refractivity contribution is 0.0387. The van der Waals surface area contributed by atoms with E-state index in [1.165, 1.54) is 6.20 Å². The van der Waals surface area contributed by atoms with Crippen LogP contribution >= 0.6 is 0 Å². The highest BCUT2D eigenvalue weighted by Crippen LogP contribution is 2.28. The molecule has 4 N–H and O–H groups in total. The van der Waals surface area contributed by atoms with Crippen LogP contribution in [-0.4, -0.2) is 18.5 Å². The second kappa shape index (κ2) is 5.97. The Balaban J connectivity index is 2.11. The summed E-state index contributed by atoms with van der Waals surface area (Å²) in [6.45, 7) is 4.44. The van der Waals surface area contributed by atoms with E-state index in [0.717, 1.165) is 11.1 Å². The fraction of sp³-hybridized carbons (Fsp3) is 0.333. The first kappa shape index (κ1) is 15.1. The average Bonchev–Trinajstić information content (AvgIpc) is 2.80. The largest absolute Gasteiger partial charge is 0.438 e. The Hall–Kier alpha value is -2.34. The molecule has 0 fully saturated rings. The number of fused-ring (bicyclic) bond motifs is 1. The van der Waals surface area contributed by atoms with Crippen LogP contribution < -0.4 is 16.4 Å². The molecule has 0 saturated heterocycles. The highest BCUT2D eigenvalue weighted by Gasteiger charge is 2.28. The van der Waals surface area contributed by atoms with E-state index in [9.17, 15) is 9.59 Å². The molecule has 0 aromatic heterocycles. The maximum absolute atomic E-state index is 11.7. The third kappa shape index (κ3) is 3.41. The van der Waals surface area contributed by atoms with E-state index in [2.05, 4.69) is 10.6 Å². The van der Waals surface area contributed by atoms with Crippen LogP contribution in [0.15, 0.2) is 30.5 Å². The van der Waals surface area contributed by atoms with Gasteiger partial charge in [0.2, 0.25) is 0 Å². The molecule has 6 nitrogen and oxygen atoms in total. The van der Waals surface area contributed by atoms with Crippen molar-refractivity contribution in [1.82, 2.24) is 10.6 Å². The molecule has 0 spiro atoms. The molecule has 2 rings (SSSR count). The predicted octanol–water partition coefficient (Wildman–Crippen LogP) is 1.36. The van der Waals surface area contributed by atoms with Crippen molar-refractivity contribution in [2.24, 2.45) is 5.73 Å². The molecule has 0 saturated carbocycles. The van der Waals surface area contributed by atoms with Gasteiger partial charge in [0.15, 0.2) is 0 Å². The molecule has 21 heavy (non-hydrogen) atoms. The van der Waals surface area contributed by atoms with Gasteiger partial charge in [0.25, 0.3) is 5.91 Å². The molecule has 0 unspecified atom stereocenters. The first-order valence-electron chi connectivity index (χ1n) is 6.70. The summed E-state index contributed by atoms with van der Waals surface area (Å²) in [5.74, 6) is -0.0695. The number of nitrogens with two attached hydrogens (primary N) is 1. The number of carbonyl (C=O) groups excluding carboxylic acids is 2. The molecule has 1 aromatic carbocycles. The van der Waals surface area contributed by atoms with Crippen molar-refractivity contribution < 1.29 is 14.3 Å². The molecular weight excluding hydrogens is 270 g/mol. The highest BCUT2D eigenvalue weighted by atomic mass is 16.6. The average molecular weight is 289 g/mol. The molecule has 6 heteroatoms. The van der Waals surface area contributed by atoms with Gasteiger partial charge in [-0.15, -0.1) is 0 Å². The van der Waals surface area contributed by atoms with Crippen molar-refractivity contribution in [3.63, 3.8) is 0 Å². The third-order valence-corrected chi connectivity index (χ3v) is 3.29. The van der Waals surface area contributed by atoms with E-state index >= 15 is 0 Å². The summed E-state index contributed by atoms with van der Waals surface area (Å²) >= 11 is 0. The van der Waals surface area contributed by atoms with Crippen LogP contribution in [0.2, 0.25) is 0 Å².